The van der Waals surface area contributed by atoms with Crippen molar-refractivity contribution in [3.8, 4) is 0 Å². The number of para-hydroxylation sites is 1. The van der Waals surface area contributed by atoms with Crippen molar-refractivity contribution in [2.24, 2.45) is 0 Å². The maximum Gasteiger partial charge on any atom is 0.244 e. The topological polar surface area (TPSA) is 39.3 Å². The molecule has 2 heterocycles. The number of rotatable bonds is 2. The predicted octanol–water partition coefficient (Wildman–Crippen LogP) is 2.22. The van der Waals surface area contributed by atoms with E-state index in [1.807, 2.05) is 32.4 Å². The summed E-state index contributed by atoms with van der Waals surface area (Å²) in [7, 11) is 3.65. The van der Waals surface area contributed by atoms with Gasteiger partial charge in [0, 0.05) is 37.7 Å². The molecule has 1 aromatic carbocycles. The van der Waals surface area contributed by atoms with Gasteiger partial charge >= 0.3 is 0 Å². The summed E-state index contributed by atoms with van der Waals surface area (Å²) in [6, 6.07) is 8.22. The zero-order valence-electron chi connectivity index (χ0n) is 11.4. The third-order valence-electron chi connectivity index (χ3n) is 3.86. The van der Waals surface area contributed by atoms with Gasteiger partial charge in [-0.05, 0) is 18.9 Å². The molecule has 0 aliphatic carbocycles. The molecular formula is C15H19N3O. The molecule has 4 heteroatoms. The number of fused-ring (bicyclic) bond motifs is 1. The van der Waals surface area contributed by atoms with Crippen molar-refractivity contribution in [3.05, 3.63) is 30.5 Å². The van der Waals surface area contributed by atoms with Gasteiger partial charge in [0.15, 0.2) is 0 Å². The molecule has 0 spiro atoms. The monoisotopic (exact) mass is 257 g/mol. The number of carbonyl (C=O) groups is 1. The predicted molar refractivity (Wildman–Crippen MR) is 77.4 cm³/mol. The smallest absolute Gasteiger partial charge is 0.244 e. The molecule has 1 aromatic heterocycles. The lowest BCUT2D eigenvalue weighted by molar-refractivity contribution is -0.129. The van der Waals surface area contributed by atoms with Gasteiger partial charge < -0.3 is 14.8 Å². The first-order valence-electron chi connectivity index (χ1n) is 6.72. The minimum absolute atomic E-state index is 0.0193. The van der Waals surface area contributed by atoms with Gasteiger partial charge in [-0.3, -0.25) is 4.79 Å². The molecule has 0 bridgehead atoms. The Bertz CT molecular complexity index is 602. The minimum Gasteiger partial charge on any atom is -0.359 e. The van der Waals surface area contributed by atoms with Crippen LogP contribution in [0.15, 0.2) is 30.5 Å². The van der Waals surface area contributed by atoms with E-state index in [0.717, 1.165) is 30.6 Å². The number of aromatic amines is 1. The highest BCUT2D eigenvalue weighted by Gasteiger charge is 2.32. The van der Waals surface area contributed by atoms with Crippen LogP contribution < -0.4 is 4.90 Å². The van der Waals surface area contributed by atoms with Crippen molar-refractivity contribution in [2.45, 2.75) is 18.9 Å². The first-order chi connectivity index (χ1) is 9.18. The Labute approximate surface area is 113 Å². The van der Waals surface area contributed by atoms with E-state index in [-0.39, 0.29) is 11.9 Å². The SMILES string of the molecule is CN(C)C(=O)C1CCCN1c1c[nH]c2ccccc12. The normalized spacial score (nSPS) is 19.1. The molecule has 0 radical (unpaired) electrons. The molecular weight excluding hydrogens is 238 g/mol. The lowest BCUT2D eigenvalue weighted by atomic mass is 10.1. The summed E-state index contributed by atoms with van der Waals surface area (Å²) < 4.78 is 0. The van der Waals surface area contributed by atoms with E-state index in [2.05, 4.69) is 22.0 Å². The summed E-state index contributed by atoms with van der Waals surface area (Å²) in [6.45, 7) is 0.950. The Hall–Kier alpha value is -1.97. The minimum atomic E-state index is -0.0193. The molecule has 1 N–H and O–H groups in total. The molecule has 1 fully saturated rings. The first kappa shape index (κ1) is 12.1. The van der Waals surface area contributed by atoms with Gasteiger partial charge in [0.1, 0.15) is 6.04 Å². The standard InChI is InChI=1S/C15H19N3O/c1-17(2)15(19)13-8-5-9-18(13)14-10-16-12-7-4-3-6-11(12)14/h3-4,6-7,10,13,16H,5,8-9H2,1-2H3. The van der Waals surface area contributed by atoms with E-state index in [9.17, 15) is 4.79 Å². The van der Waals surface area contributed by atoms with E-state index < -0.39 is 0 Å². The number of benzene rings is 1. The molecule has 1 aliphatic heterocycles. The molecule has 1 aliphatic rings. The molecule has 2 aromatic rings. The number of amides is 1. The zero-order chi connectivity index (χ0) is 13.4. The van der Waals surface area contributed by atoms with Crippen LogP contribution in [0, 0.1) is 0 Å². The molecule has 1 amide bonds. The van der Waals surface area contributed by atoms with Crippen molar-refractivity contribution < 1.29 is 4.79 Å². The Morgan fingerprint density at radius 3 is 2.95 bits per heavy atom. The fraction of sp³-hybridized carbons (Fsp3) is 0.400. The van der Waals surface area contributed by atoms with E-state index in [1.54, 1.807) is 4.90 Å². The van der Waals surface area contributed by atoms with Gasteiger partial charge in [0.25, 0.3) is 0 Å². The highest BCUT2D eigenvalue weighted by molar-refractivity contribution is 5.95. The number of hydrogen-bond acceptors (Lipinski definition) is 2. The van der Waals surface area contributed by atoms with Crippen LogP contribution in [0.1, 0.15) is 12.8 Å². The summed E-state index contributed by atoms with van der Waals surface area (Å²) in [5, 5.41) is 1.20. The number of aromatic nitrogens is 1. The van der Waals surface area contributed by atoms with Crippen LogP contribution in [-0.4, -0.2) is 42.5 Å². The summed E-state index contributed by atoms with van der Waals surface area (Å²) in [4.78, 5) is 19.5. The van der Waals surface area contributed by atoms with Crippen molar-refractivity contribution >= 4 is 22.5 Å². The largest absolute Gasteiger partial charge is 0.359 e. The van der Waals surface area contributed by atoms with Gasteiger partial charge in [-0.15, -0.1) is 0 Å². The second-order valence-corrected chi connectivity index (χ2v) is 5.30. The molecule has 1 saturated heterocycles. The maximum absolute atomic E-state index is 12.3. The van der Waals surface area contributed by atoms with Crippen molar-refractivity contribution in [1.82, 2.24) is 9.88 Å². The van der Waals surface area contributed by atoms with Crippen LogP contribution in [0.3, 0.4) is 0 Å². The van der Waals surface area contributed by atoms with Gasteiger partial charge in [-0.2, -0.15) is 0 Å². The molecule has 100 valence electrons. The van der Waals surface area contributed by atoms with E-state index >= 15 is 0 Å². The summed E-state index contributed by atoms with van der Waals surface area (Å²) in [6.07, 6.45) is 4.03. The summed E-state index contributed by atoms with van der Waals surface area (Å²) in [5.41, 5.74) is 2.27. The lowest BCUT2D eigenvalue weighted by Gasteiger charge is -2.27. The van der Waals surface area contributed by atoms with Crippen LogP contribution in [0.2, 0.25) is 0 Å². The van der Waals surface area contributed by atoms with Gasteiger partial charge in [-0.1, -0.05) is 18.2 Å². The highest BCUT2D eigenvalue weighted by Crippen LogP contribution is 2.32. The van der Waals surface area contributed by atoms with Gasteiger partial charge in [0.2, 0.25) is 5.91 Å². The van der Waals surface area contributed by atoms with Crippen molar-refractivity contribution in [3.63, 3.8) is 0 Å². The number of H-pyrrole nitrogens is 1. The fourth-order valence-corrected chi connectivity index (χ4v) is 2.90. The van der Waals surface area contributed by atoms with Crippen LogP contribution in [0.25, 0.3) is 10.9 Å². The zero-order valence-corrected chi connectivity index (χ0v) is 11.4. The van der Waals surface area contributed by atoms with Gasteiger partial charge in [0.05, 0.1) is 5.69 Å². The number of anilines is 1. The van der Waals surface area contributed by atoms with Crippen LogP contribution in [0.4, 0.5) is 5.69 Å². The second kappa shape index (κ2) is 4.61. The first-order valence-corrected chi connectivity index (χ1v) is 6.72. The van der Waals surface area contributed by atoms with Crippen LogP contribution >= 0.6 is 0 Å². The maximum atomic E-state index is 12.3. The number of likely N-dealkylation sites (N-methyl/N-ethyl adjacent to an activating group) is 1. The fourth-order valence-electron chi connectivity index (χ4n) is 2.90. The molecule has 4 nitrogen and oxygen atoms in total. The Balaban J connectivity index is 1.99. The average molecular weight is 257 g/mol. The van der Waals surface area contributed by atoms with E-state index in [1.165, 1.54) is 5.39 Å². The van der Waals surface area contributed by atoms with Gasteiger partial charge in [-0.25, -0.2) is 0 Å². The second-order valence-electron chi connectivity index (χ2n) is 5.30. The third kappa shape index (κ3) is 1.97. The third-order valence-corrected chi connectivity index (χ3v) is 3.86. The molecule has 19 heavy (non-hydrogen) atoms. The molecule has 1 atom stereocenters. The molecule has 1 unspecified atom stereocenters. The summed E-state index contributed by atoms with van der Waals surface area (Å²) in [5.74, 6) is 0.197. The number of nitrogens with one attached hydrogen (secondary N) is 1. The van der Waals surface area contributed by atoms with Crippen LogP contribution in [0.5, 0.6) is 0 Å². The molecule has 0 saturated carbocycles. The van der Waals surface area contributed by atoms with Crippen LogP contribution in [-0.2, 0) is 4.79 Å². The number of carbonyl (C=O) groups excluding carboxylic acids is 1. The van der Waals surface area contributed by atoms with Crippen molar-refractivity contribution in [2.75, 3.05) is 25.5 Å². The number of hydrogen-bond donors (Lipinski definition) is 1. The van der Waals surface area contributed by atoms with Crippen molar-refractivity contribution in [1.29, 1.82) is 0 Å². The quantitative estimate of drug-likeness (QED) is 0.896. The summed E-state index contributed by atoms with van der Waals surface area (Å²) >= 11 is 0. The number of nitrogens with zero attached hydrogens (tertiary/aromatic N) is 2. The Morgan fingerprint density at radius 2 is 2.16 bits per heavy atom. The Kier molecular flexibility index (Phi) is 2.93. The van der Waals surface area contributed by atoms with E-state index in [4.69, 9.17) is 0 Å². The highest BCUT2D eigenvalue weighted by atomic mass is 16.2. The van der Waals surface area contributed by atoms with E-state index in [0.29, 0.717) is 0 Å². The average Bonchev–Trinajstić information content (AvgIpc) is 3.03. The molecule has 3 rings (SSSR count). The Morgan fingerprint density at radius 1 is 1.37 bits per heavy atom. The lowest BCUT2D eigenvalue weighted by Crippen LogP contribution is -2.42.